The van der Waals surface area contributed by atoms with Crippen molar-refractivity contribution in [2.75, 3.05) is 7.11 Å². The molecular formula is C20H14ClFN2O2. The number of nitrogens with zero attached hydrogens (tertiary/aromatic N) is 2. The molecule has 1 N–H and O–H groups in total. The maximum Gasteiger partial charge on any atom is 0.165 e. The Morgan fingerprint density at radius 3 is 2.46 bits per heavy atom. The number of benzene rings is 3. The summed E-state index contributed by atoms with van der Waals surface area (Å²) in [5.41, 5.74) is 3.44. The van der Waals surface area contributed by atoms with Crippen molar-refractivity contribution in [3.05, 3.63) is 71.6 Å². The van der Waals surface area contributed by atoms with E-state index in [4.69, 9.17) is 16.3 Å². The van der Waals surface area contributed by atoms with Crippen molar-refractivity contribution in [3.8, 4) is 28.3 Å². The second kappa shape index (κ2) is 6.35. The summed E-state index contributed by atoms with van der Waals surface area (Å²) < 4.78 is 20.6. The molecule has 0 radical (unpaired) electrons. The van der Waals surface area contributed by atoms with Crippen molar-refractivity contribution < 1.29 is 14.2 Å². The lowest BCUT2D eigenvalue weighted by Crippen LogP contribution is -1.96. The van der Waals surface area contributed by atoms with Gasteiger partial charge in [-0.2, -0.15) is 5.10 Å². The highest BCUT2D eigenvalue weighted by atomic mass is 35.5. The van der Waals surface area contributed by atoms with E-state index in [2.05, 4.69) is 5.10 Å². The molecule has 0 bridgehead atoms. The molecule has 4 rings (SSSR count). The highest BCUT2D eigenvalue weighted by Crippen LogP contribution is 2.31. The summed E-state index contributed by atoms with van der Waals surface area (Å²) in [6.45, 7) is 0. The quantitative estimate of drug-likeness (QED) is 0.540. The average molecular weight is 369 g/mol. The number of hydrogen-bond acceptors (Lipinski definition) is 3. The van der Waals surface area contributed by atoms with Crippen molar-refractivity contribution in [2.24, 2.45) is 0 Å². The summed E-state index contributed by atoms with van der Waals surface area (Å²) in [5.74, 6) is -0.190. The van der Waals surface area contributed by atoms with Gasteiger partial charge in [0.05, 0.1) is 29.5 Å². The normalized spacial score (nSPS) is 11.0. The van der Waals surface area contributed by atoms with Crippen LogP contribution in [0.4, 0.5) is 4.39 Å². The highest BCUT2D eigenvalue weighted by molar-refractivity contribution is 6.32. The Balaban J connectivity index is 1.75. The summed E-state index contributed by atoms with van der Waals surface area (Å²) in [6, 6.07) is 15.8. The van der Waals surface area contributed by atoms with E-state index in [-0.39, 0.29) is 11.5 Å². The summed E-state index contributed by atoms with van der Waals surface area (Å²) in [5, 5.41) is 14.9. The van der Waals surface area contributed by atoms with E-state index in [0.29, 0.717) is 10.4 Å². The van der Waals surface area contributed by atoms with Crippen LogP contribution >= 0.6 is 11.6 Å². The minimum absolute atomic E-state index is 0.0521. The Kier molecular flexibility index (Phi) is 4.01. The second-order valence-electron chi connectivity index (χ2n) is 5.82. The van der Waals surface area contributed by atoms with E-state index in [0.717, 1.165) is 22.3 Å². The third-order valence-electron chi connectivity index (χ3n) is 4.23. The summed E-state index contributed by atoms with van der Waals surface area (Å²) in [4.78, 5) is 0. The monoisotopic (exact) mass is 368 g/mol. The summed E-state index contributed by atoms with van der Waals surface area (Å²) in [7, 11) is 1.43. The number of methoxy groups -OCH3 is 1. The smallest absolute Gasteiger partial charge is 0.165 e. The number of halogens is 2. The van der Waals surface area contributed by atoms with E-state index >= 15 is 0 Å². The maximum absolute atomic E-state index is 13.8. The van der Waals surface area contributed by atoms with Gasteiger partial charge in [-0.3, -0.25) is 0 Å². The fraction of sp³-hybridized carbons (Fsp3) is 0.0500. The molecule has 130 valence electrons. The summed E-state index contributed by atoms with van der Waals surface area (Å²) in [6.07, 6.45) is 1.62. The van der Waals surface area contributed by atoms with Gasteiger partial charge in [-0.05, 0) is 41.5 Å². The average Bonchev–Trinajstić information content (AvgIpc) is 3.06. The standard InChI is InChI=1S/C20H14ClFN2O2/c1-26-20-10-18-14(9-17(20)22)11-23-24(18)15-5-2-12(3-6-15)13-4-7-19(25)16(21)8-13/h2-11,25H,1H3. The first-order valence-corrected chi connectivity index (χ1v) is 8.25. The molecule has 6 heteroatoms. The van der Waals surface area contributed by atoms with E-state index in [9.17, 15) is 9.50 Å². The first-order chi connectivity index (χ1) is 12.6. The highest BCUT2D eigenvalue weighted by Gasteiger charge is 2.11. The third-order valence-corrected chi connectivity index (χ3v) is 4.54. The largest absolute Gasteiger partial charge is 0.506 e. The first kappa shape index (κ1) is 16.4. The van der Waals surface area contributed by atoms with Gasteiger partial charge in [0, 0.05) is 11.5 Å². The Hall–Kier alpha value is -3.05. The number of ether oxygens (including phenoxy) is 1. The molecule has 4 aromatic rings. The molecule has 26 heavy (non-hydrogen) atoms. The van der Waals surface area contributed by atoms with Gasteiger partial charge >= 0.3 is 0 Å². The van der Waals surface area contributed by atoms with Gasteiger partial charge < -0.3 is 9.84 Å². The molecule has 0 aliphatic heterocycles. The molecule has 0 atom stereocenters. The van der Waals surface area contributed by atoms with Crippen LogP contribution in [-0.2, 0) is 0 Å². The molecule has 3 aromatic carbocycles. The van der Waals surface area contributed by atoms with Gasteiger partial charge in [-0.15, -0.1) is 0 Å². The van der Waals surface area contributed by atoms with Gasteiger partial charge in [0.25, 0.3) is 0 Å². The van der Waals surface area contributed by atoms with Crippen molar-refractivity contribution in [3.63, 3.8) is 0 Å². The predicted octanol–water partition coefficient (Wildman–Crippen LogP) is 5.20. The van der Waals surface area contributed by atoms with Gasteiger partial charge in [-0.25, -0.2) is 9.07 Å². The number of rotatable bonds is 3. The molecule has 0 amide bonds. The molecule has 0 saturated carbocycles. The Morgan fingerprint density at radius 1 is 1.04 bits per heavy atom. The van der Waals surface area contributed by atoms with Crippen LogP contribution in [0, 0.1) is 5.82 Å². The lowest BCUT2D eigenvalue weighted by Gasteiger charge is -2.08. The minimum Gasteiger partial charge on any atom is -0.506 e. The lowest BCUT2D eigenvalue weighted by atomic mass is 10.1. The van der Waals surface area contributed by atoms with Crippen LogP contribution in [0.5, 0.6) is 11.5 Å². The first-order valence-electron chi connectivity index (χ1n) is 7.87. The predicted molar refractivity (Wildman–Crippen MR) is 99.7 cm³/mol. The SMILES string of the molecule is COc1cc2c(cnn2-c2ccc(-c3ccc(O)c(Cl)c3)cc2)cc1F. The Bertz CT molecular complexity index is 1110. The van der Waals surface area contributed by atoms with Gasteiger partial charge in [0.1, 0.15) is 5.75 Å². The maximum atomic E-state index is 13.8. The van der Waals surface area contributed by atoms with Crippen LogP contribution in [0.1, 0.15) is 0 Å². The van der Waals surface area contributed by atoms with Crippen LogP contribution in [0.15, 0.2) is 60.8 Å². The number of phenolic OH excluding ortho intramolecular Hbond substituents is 1. The van der Waals surface area contributed by atoms with E-state index in [1.165, 1.54) is 13.2 Å². The van der Waals surface area contributed by atoms with Crippen LogP contribution in [-0.4, -0.2) is 22.0 Å². The van der Waals surface area contributed by atoms with E-state index in [1.54, 1.807) is 35.1 Å². The topological polar surface area (TPSA) is 47.3 Å². The fourth-order valence-corrected chi connectivity index (χ4v) is 3.05. The number of aromatic nitrogens is 2. The van der Waals surface area contributed by atoms with Crippen molar-refractivity contribution >= 4 is 22.5 Å². The molecule has 0 aliphatic rings. The van der Waals surface area contributed by atoms with Gasteiger partial charge in [0.15, 0.2) is 11.6 Å². The number of fused-ring (bicyclic) bond motifs is 1. The van der Waals surface area contributed by atoms with Crippen LogP contribution < -0.4 is 4.74 Å². The number of hydrogen-bond donors (Lipinski definition) is 1. The molecule has 0 fully saturated rings. The molecule has 0 aliphatic carbocycles. The zero-order valence-electron chi connectivity index (χ0n) is 13.8. The second-order valence-corrected chi connectivity index (χ2v) is 6.22. The van der Waals surface area contributed by atoms with Gasteiger partial charge in [-0.1, -0.05) is 29.8 Å². The third kappa shape index (κ3) is 2.76. The van der Waals surface area contributed by atoms with Crippen LogP contribution in [0.3, 0.4) is 0 Å². The molecule has 1 heterocycles. The molecule has 1 aromatic heterocycles. The van der Waals surface area contributed by atoms with Gasteiger partial charge in [0.2, 0.25) is 0 Å². The molecule has 0 saturated heterocycles. The van der Waals surface area contributed by atoms with Crippen molar-refractivity contribution in [1.82, 2.24) is 9.78 Å². The lowest BCUT2D eigenvalue weighted by molar-refractivity contribution is 0.387. The summed E-state index contributed by atoms with van der Waals surface area (Å²) >= 11 is 5.98. The van der Waals surface area contributed by atoms with Crippen molar-refractivity contribution in [2.45, 2.75) is 0 Å². The Morgan fingerprint density at radius 2 is 1.77 bits per heavy atom. The fourth-order valence-electron chi connectivity index (χ4n) is 2.87. The van der Waals surface area contributed by atoms with Crippen molar-refractivity contribution in [1.29, 1.82) is 0 Å². The zero-order chi connectivity index (χ0) is 18.3. The zero-order valence-corrected chi connectivity index (χ0v) is 14.5. The van der Waals surface area contributed by atoms with E-state index < -0.39 is 5.82 Å². The molecule has 4 nitrogen and oxygen atoms in total. The number of phenols is 1. The molecular weight excluding hydrogens is 355 g/mol. The van der Waals surface area contributed by atoms with E-state index in [1.807, 2.05) is 24.3 Å². The Labute approximate surface area is 154 Å². The van der Waals surface area contributed by atoms with Crippen LogP contribution in [0.2, 0.25) is 5.02 Å². The molecule has 0 unspecified atom stereocenters. The minimum atomic E-state index is -0.417. The van der Waals surface area contributed by atoms with Crippen LogP contribution in [0.25, 0.3) is 27.7 Å². The number of aromatic hydroxyl groups is 1. The molecule has 0 spiro atoms.